The first-order valence-electron chi connectivity index (χ1n) is 7.95. The van der Waals surface area contributed by atoms with Gasteiger partial charge in [-0.15, -0.1) is 23.1 Å². The van der Waals surface area contributed by atoms with Gasteiger partial charge in [-0.2, -0.15) is 0 Å². The van der Waals surface area contributed by atoms with Gasteiger partial charge < -0.3 is 10.0 Å². The maximum atomic E-state index is 12.9. The van der Waals surface area contributed by atoms with Crippen molar-refractivity contribution in [3.05, 3.63) is 51.5 Å². The van der Waals surface area contributed by atoms with Crippen LogP contribution < -0.4 is 4.90 Å². The average Bonchev–Trinajstić information content (AvgIpc) is 3.01. The Morgan fingerprint density at radius 3 is 2.81 bits per heavy atom. The van der Waals surface area contributed by atoms with Crippen LogP contribution >= 0.6 is 46.3 Å². The number of thiazole rings is 1. The molecular formula is C18H12Cl2N2O3S2. The molecule has 27 heavy (non-hydrogen) atoms. The van der Waals surface area contributed by atoms with E-state index in [1.165, 1.54) is 23.1 Å². The molecule has 1 N–H and O–H groups in total. The number of carbonyl (C=O) groups is 2. The van der Waals surface area contributed by atoms with Gasteiger partial charge in [0.15, 0.2) is 0 Å². The first-order chi connectivity index (χ1) is 12.9. The Labute approximate surface area is 172 Å². The number of hydrogen-bond donors (Lipinski definition) is 1. The van der Waals surface area contributed by atoms with Crippen LogP contribution in [0.5, 0.6) is 0 Å². The van der Waals surface area contributed by atoms with Crippen LogP contribution in [-0.2, 0) is 16.1 Å². The first-order valence-corrected chi connectivity index (χ1v) is 10.4. The number of para-hydroxylation sites is 1. The molecule has 1 unspecified atom stereocenters. The van der Waals surface area contributed by atoms with Gasteiger partial charge >= 0.3 is 5.97 Å². The summed E-state index contributed by atoms with van der Waals surface area (Å²) in [4.78, 5) is 31.1. The summed E-state index contributed by atoms with van der Waals surface area (Å²) in [5.41, 5.74) is 1.41. The number of fused-ring (bicyclic) bond motifs is 2. The molecule has 0 radical (unpaired) electrons. The summed E-state index contributed by atoms with van der Waals surface area (Å²) in [6, 6.07) is 10.9. The maximum Gasteiger partial charge on any atom is 0.305 e. The molecule has 0 saturated carbocycles. The van der Waals surface area contributed by atoms with Crippen molar-refractivity contribution < 1.29 is 14.7 Å². The largest absolute Gasteiger partial charge is 0.481 e. The van der Waals surface area contributed by atoms with Crippen LogP contribution in [0.4, 0.5) is 5.69 Å². The number of halogens is 2. The van der Waals surface area contributed by atoms with Gasteiger partial charge in [0, 0.05) is 9.92 Å². The van der Waals surface area contributed by atoms with Gasteiger partial charge in [-0.1, -0.05) is 35.3 Å². The van der Waals surface area contributed by atoms with Gasteiger partial charge in [0.1, 0.15) is 10.5 Å². The fourth-order valence-corrected chi connectivity index (χ4v) is 5.83. The van der Waals surface area contributed by atoms with Gasteiger partial charge in [-0.25, -0.2) is 4.98 Å². The molecule has 0 aliphatic carbocycles. The van der Waals surface area contributed by atoms with E-state index in [1.54, 1.807) is 17.0 Å². The second-order valence-electron chi connectivity index (χ2n) is 5.94. The van der Waals surface area contributed by atoms with Crippen molar-refractivity contribution in [2.75, 3.05) is 4.90 Å². The average molecular weight is 439 g/mol. The second-order valence-corrected chi connectivity index (χ2v) is 9.14. The SMILES string of the molecule is O=C(O)CC1Sc2ccccc2N(Cc2nc3c(Cl)cc(Cl)cc3s2)C1=O. The second kappa shape index (κ2) is 7.31. The van der Waals surface area contributed by atoms with Gasteiger partial charge in [-0.05, 0) is 24.3 Å². The smallest absolute Gasteiger partial charge is 0.305 e. The van der Waals surface area contributed by atoms with Crippen molar-refractivity contribution in [1.82, 2.24) is 4.98 Å². The Morgan fingerprint density at radius 1 is 1.26 bits per heavy atom. The predicted molar refractivity (Wildman–Crippen MR) is 109 cm³/mol. The molecule has 1 aliphatic rings. The van der Waals surface area contributed by atoms with E-state index in [0.29, 0.717) is 20.6 Å². The highest BCUT2D eigenvalue weighted by Gasteiger charge is 2.35. The maximum absolute atomic E-state index is 12.9. The molecule has 3 aromatic rings. The molecular weight excluding hydrogens is 427 g/mol. The lowest BCUT2D eigenvalue weighted by atomic mass is 10.2. The van der Waals surface area contributed by atoms with Gasteiger partial charge in [0.05, 0.1) is 33.6 Å². The van der Waals surface area contributed by atoms with Crippen molar-refractivity contribution in [2.45, 2.75) is 23.1 Å². The summed E-state index contributed by atoms with van der Waals surface area (Å²) in [6.45, 7) is 0.250. The molecule has 1 aliphatic heterocycles. The van der Waals surface area contributed by atoms with E-state index in [-0.39, 0.29) is 18.9 Å². The third-order valence-electron chi connectivity index (χ3n) is 4.08. The number of anilines is 1. The Hall–Kier alpha value is -1.80. The number of nitrogens with zero attached hydrogens (tertiary/aromatic N) is 2. The molecule has 5 nitrogen and oxygen atoms in total. The van der Waals surface area contributed by atoms with E-state index in [2.05, 4.69) is 4.98 Å². The van der Waals surface area contributed by atoms with E-state index in [9.17, 15) is 9.59 Å². The summed E-state index contributed by atoms with van der Waals surface area (Å²) in [5.74, 6) is -1.23. The first kappa shape index (κ1) is 18.6. The number of aromatic nitrogens is 1. The number of amides is 1. The quantitative estimate of drug-likeness (QED) is 0.614. The molecule has 2 heterocycles. The Kier molecular flexibility index (Phi) is 5.03. The normalized spacial score (nSPS) is 16.6. The van der Waals surface area contributed by atoms with Crippen molar-refractivity contribution in [3.63, 3.8) is 0 Å². The molecule has 2 aromatic carbocycles. The summed E-state index contributed by atoms with van der Waals surface area (Å²) in [5, 5.41) is 10.2. The minimum atomic E-state index is -0.999. The zero-order valence-electron chi connectivity index (χ0n) is 13.7. The molecule has 1 aromatic heterocycles. The third kappa shape index (κ3) is 3.65. The number of hydrogen-bond acceptors (Lipinski definition) is 5. The van der Waals surface area contributed by atoms with Gasteiger partial charge in [0.25, 0.3) is 0 Å². The highest BCUT2D eigenvalue weighted by molar-refractivity contribution is 8.01. The van der Waals surface area contributed by atoms with Crippen LogP contribution in [0.3, 0.4) is 0 Å². The van der Waals surface area contributed by atoms with Gasteiger partial charge in [-0.3, -0.25) is 9.59 Å². The molecule has 0 spiro atoms. The zero-order chi connectivity index (χ0) is 19.1. The molecule has 1 atom stereocenters. The number of benzene rings is 2. The minimum Gasteiger partial charge on any atom is -0.481 e. The molecule has 4 rings (SSSR count). The molecule has 1 amide bonds. The topological polar surface area (TPSA) is 70.5 Å². The van der Waals surface area contributed by atoms with E-state index in [1.807, 2.05) is 24.3 Å². The van der Waals surface area contributed by atoms with Crippen LogP contribution in [0.15, 0.2) is 41.3 Å². The molecule has 0 bridgehead atoms. The fraction of sp³-hybridized carbons (Fsp3) is 0.167. The molecule has 0 saturated heterocycles. The summed E-state index contributed by atoms with van der Waals surface area (Å²) >= 11 is 15.0. The van der Waals surface area contributed by atoms with E-state index in [0.717, 1.165) is 15.3 Å². The zero-order valence-corrected chi connectivity index (χ0v) is 16.8. The lowest BCUT2D eigenvalue weighted by Crippen LogP contribution is -2.41. The highest BCUT2D eigenvalue weighted by atomic mass is 35.5. The molecule has 138 valence electrons. The Bertz CT molecular complexity index is 1070. The number of rotatable bonds is 4. The summed E-state index contributed by atoms with van der Waals surface area (Å²) < 4.78 is 0.844. The number of aliphatic carboxylic acids is 1. The number of thioether (sulfide) groups is 1. The predicted octanol–water partition coefficient (Wildman–Crippen LogP) is 5.09. The summed E-state index contributed by atoms with van der Waals surface area (Å²) in [7, 11) is 0. The third-order valence-corrected chi connectivity index (χ3v) is 6.82. The monoisotopic (exact) mass is 438 g/mol. The molecule has 0 fully saturated rings. The Morgan fingerprint density at radius 2 is 2.04 bits per heavy atom. The van der Waals surface area contributed by atoms with Crippen LogP contribution in [0.2, 0.25) is 10.0 Å². The summed E-state index contributed by atoms with van der Waals surface area (Å²) in [6.07, 6.45) is -0.227. The number of carboxylic acid groups (broad SMARTS) is 1. The van der Waals surface area contributed by atoms with Gasteiger partial charge in [0.2, 0.25) is 5.91 Å². The van der Waals surface area contributed by atoms with Crippen LogP contribution in [0, 0.1) is 0 Å². The van der Waals surface area contributed by atoms with E-state index >= 15 is 0 Å². The lowest BCUT2D eigenvalue weighted by molar-refractivity contribution is -0.138. The lowest BCUT2D eigenvalue weighted by Gasteiger charge is -2.32. The van der Waals surface area contributed by atoms with Crippen molar-refractivity contribution in [3.8, 4) is 0 Å². The standard InChI is InChI=1S/C18H12Cl2N2O3S2/c19-9-5-10(20)17-13(6-9)27-15(21-17)8-22-11-3-1-2-4-12(11)26-14(18(22)25)7-16(23)24/h1-6,14H,7-8H2,(H,23,24). The van der Waals surface area contributed by atoms with E-state index < -0.39 is 11.2 Å². The number of carboxylic acids is 1. The van der Waals surface area contributed by atoms with E-state index in [4.69, 9.17) is 28.3 Å². The highest BCUT2D eigenvalue weighted by Crippen LogP contribution is 2.41. The van der Waals surface area contributed by atoms with Crippen LogP contribution in [0.25, 0.3) is 10.2 Å². The van der Waals surface area contributed by atoms with Crippen LogP contribution in [0.1, 0.15) is 11.4 Å². The molecule has 9 heteroatoms. The van der Waals surface area contributed by atoms with Crippen molar-refractivity contribution in [1.29, 1.82) is 0 Å². The Balaban J connectivity index is 1.72. The van der Waals surface area contributed by atoms with Crippen LogP contribution in [-0.4, -0.2) is 27.2 Å². The van der Waals surface area contributed by atoms with Crippen molar-refractivity contribution in [2.24, 2.45) is 0 Å². The fourth-order valence-electron chi connectivity index (χ4n) is 2.93. The van der Waals surface area contributed by atoms with Crippen molar-refractivity contribution >= 4 is 74.1 Å². The minimum absolute atomic E-state index is 0.227. The number of carbonyl (C=O) groups excluding carboxylic acids is 1.